The molecule has 130 valence electrons. The molecule has 0 amide bonds. The molecule has 1 saturated heterocycles. The van der Waals surface area contributed by atoms with E-state index >= 15 is 0 Å². The highest BCUT2D eigenvalue weighted by Crippen LogP contribution is 2.24. The normalized spacial score (nSPS) is 19.6. The van der Waals surface area contributed by atoms with Crippen molar-refractivity contribution in [2.75, 3.05) is 29.9 Å². The number of nitrogens with one attached hydrogen (secondary N) is 2. The zero-order valence-corrected chi connectivity index (χ0v) is 14.8. The molecule has 25 heavy (non-hydrogen) atoms. The molecular formula is C19H24N6. The Bertz CT molecular complexity index is 800. The summed E-state index contributed by atoms with van der Waals surface area (Å²) in [4.78, 5) is 16.0. The van der Waals surface area contributed by atoms with E-state index in [9.17, 15) is 0 Å². The van der Waals surface area contributed by atoms with Gasteiger partial charge in [-0.15, -0.1) is 0 Å². The molecule has 2 aliphatic rings. The van der Waals surface area contributed by atoms with E-state index < -0.39 is 0 Å². The number of anilines is 3. The first kappa shape index (κ1) is 16.0. The Balaban J connectivity index is 1.58. The summed E-state index contributed by atoms with van der Waals surface area (Å²) in [5.74, 6) is 1.66. The second-order valence-electron chi connectivity index (χ2n) is 6.86. The van der Waals surface area contributed by atoms with Crippen LogP contribution in [0.2, 0.25) is 0 Å². The summed E-state index contributed by atoms with van der Waals surface area (Å²) in [5.41, 5.74) is 4.53. The van der Waals surface area contributed by atoms with Crippen LogP contribution in [0.3, 0.4) is 0 Å². The molecule has 6 nitrogen and oxygen atoms in total. The van der Waals surface area contributed by atoms with Crippen molar-refractivity contribution in [1.82, 2.24) is 15.3 Å². The summed E-state index contributed by atoms with van der Waals surface area (Å²) in [7, 11) is 0. The highest BCUT2D eigenvalue weighted by molar-refractivity contribution is 5.86. The summed E-state index contributed by atoms with van der Waals surface area (Å²) in [6, 6.07) is 6.79. The minimum absolute atomic E-state index is 0.444. The Labute approximate surface area is 148 Å². The Morgan fingerprint density at radius 2 is 2.24 bits per heavy atom. The van der Waals surface area contributed by atoms with Crippen LogP contribution < -0.4 is 15.5 Å². The molecule has 1 atom stereocenters. The van der Waals surface area contributed by atoms with Gasteiger partial charge < -0.3 is 15.5 Å². The van der Waals surface area contributed by atoms with Crippen LogP contribution in [0.4, 0.5) is 17.5 Å². The van der Waals surface area contributed by atoms with Gasteiger partial charge >= 0.3 is 0 Å². The standard InChI is InChI=1S/C19H24N6/c1-13-9-22-19(25-7-3-6-21-14(2)12-25)24-18(13)23-17-5-4-15-10-20-11-16(15)8-17/h4-5,8-9,11,14,21H,3,6-7,10,12H2,1-2H3,(H,22,23,24). The van der Waals surface area contributed by atoms with E-state index in [2.05, 4.69) is 50.6 Å². The number of aliphatic imine (C=N–C) groups is 1. The van der Waals surface area contributed by atoms with Gasteiger partial charge in [-0.3, -0.25) is 4.99 Å². The fourth-order valence-corrected chi connectivity index (χ4v) is 3.31. The molecule has 2 aliphatic heterocycles. The lowest BCUT2D eigenvalue weighted by Gasteiger charge is -2.23. The Hall–Kier alpha value is -2.47. The summed E-state index contributed by atoms with van der Waals surface area (Å²) in [6.07, 6.45) is 4.95. The van der Waals surface area contributed by atoms with Gasteiger partial charge in [0.15, 0.2) is 0 Å². The maximum atomic E-state index is 4.80. The highest BCUT2D eigenvalue weighted by atomic mass is 15.3. The van der Waals surface area contributed by atoms with Crippen LogP contribution in [-0.2, 0) is 6.54 Å². The minimum atomic E-state index is 0.444. The van der Waals surface area contributed by atoms with E-state index in [1.54, 1.807) is 0 Å². The number of hydrogen-bond acceptors (Lipinski definition) is 6. The SMILES string of the molecule is Cc1cnc(N2CCCNC(C)C2)nc1Nc1ccc2c(c1)C=NC2. The molecule has 2 N–H and O–H groups in total. The Morgan fingerprint density at radius 3 is 3.16 bits per heavy atom. The van der Waals surface area contributed by atoms with E-state index in [4.69, 9.17) is 4.98 Å². The topological polar surface area (TPSA) is 65.4 Å². The van der Waals surface area contributed by atoms with Gasteiger partial charge in [0.2, 0.25) is 5.95 Å². The van der Waals surface area contributed by atoms with Crippen LogP contribution in [0.25, 0.3) is 0 Å². The number of benzene rings is 1. The average Bonchev–Trinajstić information content (AvgIpc) is 2.96. The molecule has 1 unspecified atom stereocenters. The summed E-state index contributed by atoms with van der Waals surface area (Å²) >= 11 is 0. The molecule has 6 heteroatoms. The van der Waals surface area contributed by atoms with Crippen LogP contribution in [0, 0.1) is 6.92 Å². The quantitative estimate of drug-likeness (QED) is 0.902. The van der Waals surface area contributed by atoms with Gasteiger partial charge in [-0.05, 0) is 50.1 Å². The average molecular weight is 336 g/mol. The number of aromatic nitrogens is 2. The van der Waals surface area contributed by atoms with Gasteiger partial charge in [0.25, 0.3) is 0 Å². The van der Waals surface area contributed by atoms with Crippen molar-refractivity contribution in [1.29, 1.82) is 0 Å². The highest BCUT2D eigenvalue weighted by Gasteiger charge is 2.17. The number of aryl methyl sites for hydroxylation is 1. The molecule has 3 heterocycles. The van der Waals surface area contributed by atoms with E-state index in [-0.39, 0.29) is 0 Å². The molecule has 1 fully saturated rings. The van der Waals surface area contributed by atoms with E-state index in [0.29, 0.717) is 6.04 Å². The monoisotopic (exact) mass is 336 g/mol. The van der Waals surface area contributed by atoms with Gasteiger partial charge in [0.1, 0.15) is 5.82 Å². The van der Waals surface area contributed by atoms with Gasteiger partial charge in [-0.25, -0.2) is 4.98 Å². The maximum absolute atomic E-state index is 4.80. The van der Waals surface area contributed by atoms with E-state index in [0.717, 1.165) is 55.6 Å². The Kier molecular flexibility index (Phi) is 4.36. The molecule has 0 bridgehead atoms. The zero-order valence-electron chi connectivity index (χ0n) is 14.8. The van der Waals surface area contributed by atoms with E-state index in [1.165, 1.54) is 11.1 Å². The first-order chi connectivity index (χ1) is 12.2. The zero-order chi connectivity index (χ0) is 17.2. The minimum Gasteiger partial charge on any atom is -0.340 e. The molecule has 1 aromatic carbocycles. The van der Waals surface area contributed by atoms with Crippen LogP contribution >= 0.6 is 0 Å². The van der Waals surface area contributed by atoms with Crippen LogP contribution in [0.15, 0.2) is 29.4 Å². The first-order valence-corrected chi connectivity index (χ1v) is 8.91. The second-order valence-corrected chi connectivity index (χ2v) is 6.86. The molecule has 0 saturated carbocycles. The predicted octanol–water partition coefficient (Wildman–Crippen LogP) is 2.65. The van der Waals surface area contributed by atoms with Gasteiger partial charge in [0, 0.05) is 42.8 Å². The van der Waals surface area contributed by atoms with Gasteiger partial charge in [0.05, 0.1) is 6.54 Å². The third kappa shape index (κ3) is 3.49. The van der Waals surface area contributed by atoms with Crippen molar-refractivity contribution in [2.45, 2.75) is 32.9 Å². The fraction of sp³-hybridized carbons (Fsp3) is 0.421. The van der Waals surface area contributed by atoms with Crippen LogP contribution in [-0.4, -0.2) is 41.9 Å². The first-order valence-electron chi connectivity index (χ1n) is 8.91. The molecular weight excluding hydrogens is 312 g/mol. The molecule has 0 spiro atoms. The van der Waals surface area contributed by atoms with Gasteiger partial charge in [-0.1, -0.05) is 6.07 Å². The molecule has 0 aliphatic carbocycles. The maximum Gasteiger partial charge on any atom is 0.227 e. The van der Waals surface area contributed by atoms with Crippen molar-refractivity contribution in [2.24, 2.45) is 4.99 Å². The third-order valence-electron chi connectivity index (χ3n) is 4.73. The molecule has 2 aromatic rings. The third-order valence-corrected chi connectivity index (χ3v) is 4.73. The van der Waals surface area contributed by atoms with Crippen LogP contribution in [0.1, 0.15) is 30.0 Å². The van der Waals surface area contributed by atoms with Crippen molar-refractivity contribution in [3.63, 3.8) is 0 Å². The smallest absolute Gasteiger partial charge is 0.227 e. The lowest BCUT2D eigenvalue weighted by atomic mass is 10.1. The van der Waals surface area contributed by atoms with Crippen LogP contribution in [0.5, 0.6) is 0 Å². The largest absolute Gasteiger partial charge is 0.340 e. The predicted molar refractivity (Wildman–Crippen MR) is 102 cm³/mol. The summed E-state index contributed by atoms with van der Waals surface area (Å²) in [5, 5.41) is 6.96. The van der Waals surface area contributed by atoms with Gasteiger partial charge in [-0.2, -0.15) is 4.98 Å². The van der Waals surface area contributed by atoms with E-state index in [1.807, 2.05) is 19.3 Å². The van der Waals surface area contributed by atoms with Crippen molar-refractivity contribution < 1.29 is 0 Å². The molecule has 0 radical (unpaired) electrons. The molecule has 4 rings (SSSR count). The summed E-state index contributed by atoms with van der Waals surface area (Å²) < 4.78 is 0. The number of rotatable bonds is 3. The summed E-state index contributed by atoms with van der Waals surface area (Å²) in [6.45, 7) is 7.98. The van der Waals surface area contributed by atoms with Crippen molar-refractivity contribution in [3.8, 4) is 0 Å². The number of fused-ring (bicyclic) bond motifs is 1. The van der Waals surface area contributed by atoms with Crippen molar-refractivity contribution >= 4 is 23.7 Å². The number of hydrogen-bond donors (Lipinski definition) is 2. The lowest BCUT2D eigenvalue weighted by molar-refractivity contribution is 0.582. The second kappa shape index (κ2) is 6.80. The Morgan fingerprint density at radius 1 is 1.32 bits per heavy atom. The van der Waals surface area contributed by atoms with Crippen molar-refractivity contribution in [3.05, 3.63) is 41.1 Å². The number of nitrogens with zero attached hydrogens (tertiary/aromatic N) is 4. The fourth-order valence-electron chi connectivity index (χ4n) is 3.31. The molecule has 1 aromatic heterocycles. The lowest BCUT2D eigenvalue weighted by Crippen LogP contribution is -2.36.